The summed E-state index contributed by atoms with van der Waals surface area (Å²) in [5.41, 5.74) is 0.343. The molecule has 0 aliphatic carbocycles. The molecule has 0 radical (unpaired) electrons. The van der Waals surface area contributed by atoms with E-state index in [1.165, 1.54) is 223 Å². The van der Waals surface area contributed by atoms with Gasteiger partial charge in [-0.3, -0.25) is 34.3 Å². The predicted octanol–water partition coefficient (Wildman–Crippen LogP) is 8.19. The Balaban J connectivity index is 0.000000456. The molecule has 0 aromatic rings. The molecule has 2 atom stereocenters. The van der Waals surface area contributed by atoms with Gasteiger partial charge in [-0.25, -0.2) is 0 Å². The smallest absolute Gasteiger partial charge is 0.135 e. The van der Waals surface area contributed by atoms with E-state index < -0.39 is 0 Å². The van der Waals surface area contributed by atoms with Crippen LogP contribution in [0.5, 0.6) is 0 Å². The third-order valence-electron chi connectivity index (χ3n) is 18.1. The third-order valence-corrected chi connectivity index (χ3v) is 18.1. The van der Waals surface area contributed by atoms with Crippen molar-refractivity contribution >= 4 is 0 Å². The summed E-state index contributed by atoms with van der Waals surface area (Å²) in [5.74, 6) is 0.776. The maximum absolute atomic E-state index is 2.63. The molecule has 2 unspecified atom stereocenters. The van der Waals surface area contributed by atoms with Crippen molar-refractivity contribution in [2.45, 2.75) is 165 Å². The van der Waals surface area contributed by atoms with Crippen molar-refractivity contribution in [1.82, 2.24) is 34.3 Å². The molecule has 0 spiro atoms. The van der Waals surface area contributed by atoms with Gasteiger partial charge < -0.3 is 31.4 Å². The Hall–Kier alpha value is -0.560. The molecule has 7 saturated heterocycles. The highest BCUT2D eigenvalue weighted by Crippen LogP contribution is 2.21. The minimum absolute atomic E-state index is 0.343. The normalized spacial score (nSPS) is 26.4. The Morgan fingerprint density at radius 2 is 0.731 bits per heavy atom. The first kappa shape index (κ1) is 75.5. The fraction of sp³-hybridized carbons (Fsp3) is 1.00. The maximum atomic E-state index is 2.63. The molecule has 7 aliphatic rings. The highest BCUT2D eigenvalue weighted by atomic mass is 15.5. The fourth-order valence-electron chi connectivity index (χ4n) is 12.8. The van der Waals surface area contributed by atoms with Gasteiger partial charge in [-0.2, -0.15) is 0 Å². The standard InChI is InChI=1S/C11H25N2.2C10H23N2.2C9H21N2.C8H19N2.C7H17N2/c1-10(2)11(3)12-7-6-8-13(4,5)9-12;1-10(2,3)11-7-6-8-12(4,5)9-11;1-5-10(2)11-7-6-8-12(3,4)9-11;1-9(2)10-6-5-7-11(3,4)8-10;1-4-6-10-7-5-8-11(2,3)9-10;1-4-9-6-5-7-10(2,3)8-9;1-8-5-4-6-9(2,3)7-8/h10-11H,6-9H2,1-5H3;6-9H2,1-5H3;10H,5-9H2,1-4H3;9H,5-8H2,1-4H3;4-9H2,1-3H3;4-8H2,1-3H3;4-7H2,1-3H3/q7*+1. The average Bonchev–Trinajstić information content (AvgIpc) is 3.30. The molecule has 7 aliphatic heterocycles. The molecule has 78 heavy (non-hydrogen) atoms. The van der Waals surface area contributed by atoms with Crippen LogP contribution in [-0.4, -0.2) is 346 Å². The number of nitrogens with zero attached hydrogens (tertiary/aromatic N) is 14. The molecular formula is C64H149N14+7. The van der Waals surface area contributed by atoms with Crippen LogP contribution in [0.25, 0.3) is 0 Å². The van der Waals surface area contributed by atoms with Crippen LogP contribution >= 0.6 is 0 Å². The Morgan fingerprint density at radius 3 is 1.04 bits per heavy atom. The van der Waals surface area contributed by atoms with Gasteiger partial charge in [-0.15, -0.1) is 0 Å². The van der Waals surface area contributed by atoms with E-state index in [4.69, 9.17) is 0 Å². The highest BCUT2D eigenvalue weighted by molar-refractivity contribution is 4.76. The average molecular weight is 1110 g/mol. The predicted molar refractivity (Wildman–Crippen MR) is 343 cm³/mol. The molecular weight excluding hydrogens is 965 g/mol. The molecule has 0 amide bonds. The molecule has 7 fully saturated rings. The van der Waals surface area contributed by atoms with Gasteiger partial charge in [0, 0.05) is 128 Å². The summed E-state index contributed by atoms with van der Waals surface area (Å²) < 4.78 is 8.17. The zero-order valence-electron chi connectivity index (χ0n) is 58.7. The minimum Gasteiger partial charge on any atom is -0.316 e. The first-order valence-electron chi connectivity index (χ1n) is 32.5. The van der Waals surface area contributed by atoms with Crippen LogP contribution < -0.4 is 0 Å². The van der Waals surface area contributed by atoms with Crippen molar-refractivity contribution in [1.29, 1.82) is 0 Å². The molecule has 0 saturated carbocycles. The monoisotopic (exact) mass is 1110 g/mol. The van der Waals surface area contributed by atoms with Crippen molar-refractivity contribution in [3.63, 3.8) is 0 Å². The van der Waals surface area contributed by atoms with Gasteiger partial charge in [-0.1, -0.05) is 34.6 Å². The largest absolute Gasteiger partial charge is 0.316 e. The van der Waals surface area contributed by atoms with Crippen LogP contribution in [0.4, 0.5) is 0 Å². The number of quaternary nitrogens is 7. The summed E-state index contributed by atoms with van der Waals surface area (Å²) in [4.78, 5) is 17.9. The van der Waals surface area contributed by atoms with Crippen molar-refractivity contribution in [3.05, 3.63) is 0 Å². The van der Waals surface area contributed by atoms with Crippen LogP contribution in [-0.2, 0) is 0 Å². The van der Waals surface area contributed by atoms with Crippen molar-refractivity contribution in [2.75, 3.05) is 257 Å². The van der Waals surface area contributed by atoms with Gasteiger partial charge in [-0.05, 0) is 74.3 Å². The van der Waals surface area contributed by atoms with Crippen molar-refractivity contribution < 1.29 is 31.4 Å². The molecule has 0 bridgehead atoms. The molecule has 468 valence electrons. The molecule has 0 aromatic heterocycles. The van der Waals surface area contributed by atoms with Gasteiger partial charge in [0.05, 0.1) is 144 Å². The van der Waals surface area contributed by atoms with Gasteiger partial charge in [0.25, 0.3) is 0 Å². The fourth-order valence-corrected chi connectivity index (χ4v) is 12.8. The SMILES string of the molecule is CC(C)(C)N1CCC[N+](C)(C)C1.CC(C)C(C)N1CCC[N+](C)(C)C1.CC(C)N1CCC[N+](C)(C)C1.CCC(C)N1CCC[N+](C)(C)C1.CCCN1CCC[N+](C)(C)C1.CCN1CCC[N+](C)(C)C1.CN1CCC[N+](C)(C)C1. The van der Waals surface area contributed by atoms with E-state index in [2.05, 4.69) is 223 Å². The summed E-state index contributed by atoms with van der Waals surface area (Å²) in [6.45, 7) is 57.1. The lowest BCUT2D eigenvalue weighted by Crippen LogP contribution is -2.58. The van der Waals surface area contributed by atoms with Crippen LogP contribution in [0, 0.1) is 5.92 Å². The van der Waals surface area contributed by atoms with Gasteiger partial charge >= 0.3 is 0 Å². The lowest BCUT2D eigenvalue weighted by atomic mass is 10.0. The Bertz CT molecular complexity index is 1550. The molecule has 14 heteroatoms. The molecule has 7 rings (SSSR count). The van der Waals surface area contributed by atoms with E-state index in [-0.39, 0.29) is 0 Å². The van der Waals surface area contributed by atoms with Gasteiger partial charge in [0.2, 0.25) is 0 Å². The summed E-state index contributed by atoms with van der Waals surface area (Å²) >= 11 is 0. The number of rotatable bonds is 8. The van der Waals surface area contributed by atoms with E-state index >= 15 is 0 Å². The summed E-state index contributed by atoms with van der Waals surface area (Å²) in [7, 11) is 34.6. The lowest BCUT2D eigenvalue weighted by molar-refractivity contribution is -0.907. The van der Waals surface area contributed by atoms with E-state index in [1.807, 2.05) is 0 Å². The zero-order valence-corrected chi connectivity index (χ0v) is 58.7. The second-order valence-corrected chi connectivity index (χ2v) is 32.2. The van der Waals surface area contributed by atoms with Crippen LogP contribution in [0.15, 0.2) is 0 Å². The van der Waals surface area contributed by atoms with Crippen LogP contribution in [0.3, 0.4) is 0 Å². The molecule has 0 aromatic carbocycles. The molecule has 14 nitrogen and oxygen atoms in total. The highest BCUT2D eigenvalue weighted by Gasteiger charge is 2.33. The van der Waals surface area contributed by atoms with E-state index in [0.29, 0.717) is 11.6 Å². The van der Waals surface area contributed by atoms with Gasteiger partial charge in [0.15, 0.2) is 0 Å². The van der Waals surface area contributed by atoms with Gasteiger partial charge in [0.1, 0.15) is 46.7 Å². The van der Waals surface area contributed by atoms with E-state index in [9.17, 15) is 0 Å². The first-order valence-corrected chi connectivity index (χ1v) is 32.5. The second-order valence-electron chi connectivity index (χ2n) is 32.2. The van der Waals surface area contributed by atoms with E-state index in [1.54, 1.807) is 0 Å². The zero-order chi connectivity index (χ0) is 60.0. The quantitative estimate of drug-likeness (QED) is 0.226. The lowest BCUT2D eigenvalue weighted by Gasteiger charge is -2.45. The topological polar surface area (TPSA) is 22.7 Å². The number of hydrogen-bond acceptors (Lipinski definition) is 7. The van der Waals surface area contributed by atoms with Crippen LogP contribution in [0.2, 0.25) is 0 Å². The Kier molecular flexibility index (Phi) is 33.3. The Labute approximate surface area is 491 Å². The molecule has 0 N–H and O–H groups in total. The van der Waals surface area contributed by atoms with Crippen molar-refractivity contribution in [3.8, 4) is 0 Å². The van der Waals surface area contributed by atoms with Crippen molar-refractivity contribution in [2.24, 2.45) is 5.92 Å². The summed E-state index contributed by atoms with van der Waals surface area (Å²) in [6.07, 6.45) is 12.0. The number of hydrogen-bond donors (Lipinski definition) is 0. The summed E-state index contributed by atoms with van der Waals surface area (Å²) in [6, 6.07) is 2.22. The van der Waals surface area contributed by atoms with Crippen LogP contribution in [0.1, 0.15) is 141 Å². The Morgan fingerprint density at radius 1 is 0.385 bits per heavy atom. The summed E-state index contributed by atoms with van der Waals surface area (Å²) in [5, 5.41) is 0. The molecule has 7 heterocycles. The second kappa shape index (κ2) is 34.4. The first-order chi connectivity index (χ1) is 35.7. The third kappa shape index (κ3) is 33.1. The van der Waals surface area contributed by atoms with E-state index in [0.717, 1.165) is 35.9 Å². The maximum Gasteiger partial charge on any atom is 0.135 e. The minimum atomic E-state index is 0.343.